The quantitative estimate of drug-likeness (QED) is 0.709. The molecule has 0 aromatic heterocycles. The van der Waals surface area contributed by atoms with Crippen LogP contribution < -0.4 is 10.1 Å². The van der Waals surface area contributed by atoms with E-state index in [0.717, 1.165) is 49.9 Å². The number of amides is 1. The Kier molecular flexibility index (Phi) is 6.43. The van der Waals surface area contributed by atoms with Crippen molar-refractivity contribution in [1.29, 1.82) is 0 Å². The summed E-state index contributed by atoms with van der Waals surface area (Å²) in [6.07, 6.45) is 5.10. The van der Waals surface area contributed by atoms with Gasteiger partial charge in [-0.1, -0.05) is 36.8 Å². The van der Waals surface area contributed by atoms with Crippen molar-refractivity contribution in [3.63, 3.8) is 0 Å². The largest absolute Gasteiger partial charge is 0.493 e. The molecule has 1 N–H and O–H groups in total. The van der Waals surface area contributed by atoms with Crippen LogP contribution in [0, 0.1) is 12.8 Å². The van der Waals surface area contributed by atoms with E-state index in [1.54, 1.807) is 6.92 Å². The van der Waals surface area contributed by atoms with Gasteiger partial charge >= 0.3 is 0 Å². The number of carbonyl (C=O) groups is 1. The lowest BCUT2D eigenvalue weighted by Crippen LogP contribution is -2.30. The van der Waals surface area contributed by atoms with Gasteiger partial charge in [-0.3, -0.25) is 9.69 Å². The molecule has 30 heavy (non-hydrogen) atoms. The molecule has 4 heteroatoms. The third-order valence-electron chi connectivity index (χ3n) is 6.72. The summed E-state index contributed by atoms with van der Waals surface area (Å²) in [6.45, 7) is 9.69. The van der Waals surface area contributed by atoms with Crippen LogP contribution in [-0.4, -0.2) is 24.0 Å². The highest BCUT2D eigenvalue weighted by atomic mass is 16.5. The van der Waals surface area contributed by atoms with Gasteiger partial charge in [-0.15, -0.1) is 0 Å². The average molecular weight is 407 g/mol. The van der Waals surface area contributed by atoms with E-state index in [-0.39, 0.29) is 11.9 Å². The Morgan fingerprint density at radius 1 is 1.20 bits per heavy atom. The van der Waals surface area contributed by atoms with Crippen LogP contribution in [0.5, 0.6) is 5.75 Å². The third-order valence-corrected chi connectivity index (χ3v) is 6.72. The molecule has 1 heterocycles. The number of carbonyl (C=O) groups excluding carboxylic acids is 1. The van der Waals surface area contributed by atoms with Gasteiger partial charge in [0.1, 0.15) is 5.75 Å². The molecular weight excluding hydrogens is 372 g/mol. The van der Waals surface area contributed by atoms with Gasteiger partial charge in [-0.25, -0.2) is 0 Å². The summed E-state index contributed by atoms with van der Waals surface area (Å²) in [5, 5.41) is 2.94. The molecule has 0 bridgehead atoms. The van der Waals surface area contributed by atoms with E-state index in [1.165, 1.54) is 41.5 Å². The van der Waals surface area contributed by atoms with E-state index in [9.17, 15) is 4.79 Å². The van der Waals surface area contributed by atoms with Crippen LogP contribution >= 0.6 is 0 Å². The first-order valence-corrected chi connectivity index (χ1v) is 11.3. The second-order valence-electron chi connectivity index (χ2n) is 9.06. The van der Waals surface area contributed by atoms with Crippen LogP contribution in [0.4, 0.5) is 0 Å². The van der Waals surface area contributed by atoms with Gasteiger partial charge in [-0.05, 0) is 72.9 Å². The molecule has 0 saturated heterocycles. The van der Waals surface area contributed by atoms with Crippen molar-refractivity contribution < 1.29 is 9.53 Å². The van der Waals surface area contributed by atoms with Gasteiger partial charge in [0, 0.05) is 26.6 Å². The molecule has 1 saturated carbocycles. The normalized spacial score (nSPS) is 17.7. The highest BCUT2D eigenvalue weighted by Crippen LogP contribution is 2.32. The first kappa shape index (κ1) is 20.9. The zero-order valence-corrected chi connectivity index (χ0v) is 18.5. The Hall–Kier alpha value is -2.33. The van der Waals surface area contributed by atoms with Crippen molar-refractivity contribution in [3.05, 3.63) is 64.2 Å². The van der Waals surface area contributed by atoms with Crippen molar-refractivity contribution in [2.45, 2.75) is 65.6 Å². The molecular formula is C26H34N2O2. The first-order valence-electron chi connectivity index (χ1n) is 11.3. The summed E-state index contributed by atoms with van der Waals surface area (Å²) in [4.78, 5) is 13.8. The molecule has 0 spiro atoms. The van der Waals surface area contributed by atoms with E-state index < -0.39 is 0 Å². The summed E-state index contributed by atoms with van der Waals surface area (Å²) >= 11 is 0. The minimum Gasteiger partial charge on any atom is -0.493 e. The van der Waals surface area contributed by atoms with Crippen molar-refractivity contribution in [1.82, 2.24) is 10.2 Å². The van der Waals surface area contributed by atoms with Crippen LogP contribution in [0.1, 0.15) is 67.0 Å². The molecule has 1 atom stereocenters. The summed E-state index contributed by atoms with van der Waals surface area (Å²) in [7, 11) is 0. The smallest absolute Gasteiger partial charge is 0.217 e. The maximum Gasteiger partial charge on any atom is 0.217 e. The molecule has 1 unspecified atom stereocenters. The Morgan fingerprint density at radius 3 is 2.63 bits per heavy atom. The van der Waals surface area contributed by atoms with Crippen molar-refractivity contribution in [2.24, 2.45) is 5.92 Å². The predicted molar refractivity (Wildman–Crippen MR) is 121 cm³/mol. The number of nitrogens with one attached hydrogen (secondary N) is 1. The first-order chi connectivity index (χ1) is 14.5. The van der Waals surface area contributed by atoms with Gasteiger partial charge in [0.15, 0.2) is 0 Å². The molecule has 160 valence electrons. The monoisotopic (exact) mass is 406 g/mol. The van der Waals surface area contributed by atoms with Crippen molar-refractivity contribution in [2.75, 3.05) is 13.2 Å². The Morgan fingerprint density at radius 2 is 1.97 bits per heavy atom. The average Bonchev–Trinajstić information content (AvgIpc) is 2.68. The Labute approximate surface area is 180 Å². The standard InChI is InChI=1S/C26H34N2O2/c1-18-25-13-14-28(15-21-7-9-23(10-8-21)19(2)27-20(3)29)16-24(25)11-12-26(18)30-17-22-5-4-6-22/h7-12,19,22H,4-6,13-17H2,1-3H3,(H,27,29). The zero-order valence-electron chi connectivity index (χ0n) is 18.5. The number of ether oxygens (including phenoxy) is 1. The van der Waals surface area contributed by atoms with Crippen LogP contribution in [0.3, 0.4) is 0 Å². The highest BCUT2D eigenvalue weighted by Gasteiger charge is 2.22. The summed E-state index contributed by atoms with van der Waals surface area (Å²) in [5.41, 5.74) is 6.71. The second kappa shape index (κ2) is 9.22. The van der Waals surface area contributed by atoms with E-state index in [1.807, 2.05) is 6.92 Å². The molecule has 4 rings (SSSR count). The van der Waals surface area contributed by atoms with Crippen LogP contribution in [0.2, 0.25) is 0 Å². The maximum atomic E-state index is 11.3. The molecule has 2 aromatic carbocycles. The van der Waals surface area contributed by atoms with Crippen LogP contribution in [-0.2, 0) is 24.3 Å². The second-order valence-corrected chi connectivity index (χ2v) is 9.06. The molecule has 2 aromatic rings. The number of benzene rings is 2. The minimum atomic E-state index is 0.00504. The Bertz CT molecular complexity index is 887. The number of hydrogen-bond donors (Lipinski definition) is 1. The number of fused-ring (bicyclic) bond motifs is 1. The van der Waals surface area contributed by atoms with Gasteiger partial charge in [-0.2, -0.15) is 0 Å². The molecule has 1 fully saturated rings. The fourth-order valence-corrected chi connectivity index (χ4v) is 4.59. The fraction of sp³-hybridized carbons (Fsp3) is 0.500. The topological polar surface area (TPSA) is 41.6 Å². The van der Waals surface area contributed by atoms with Gasteiger partial charge in [0.05, 0.1) is 12.6 Å². The lowest BCUT2D eigenvalue weighted by molar-refractivity contribution is -0.119. The molecule has 4 nitrogen and oxygen atoms in total. The van der Waals surface area contributed by atoms with Gasteiger partial charge < -0.3 is 10.1 Å². The van der Waals surface area contributed by atoms with E-state index in [4.69, 9.17) is 4.74 Å². The number of rotatable bonds is 7. The van der Waals surface area contributed by atoms with Crippen LogP contribution in [0.15, 0.2) is 36.4 Å². The van der Waals surface area contributed by atoms with Crippen molar-refractivity contribution in [3.8, 4) is 5.75 Å². The lowest BCUT2D eigenvalue weighted by atomic mass is 9.86. The van der Waals surface area contributed by atoms with E-state index in [0.29, 0.717) is 0 Å². The maximum absolute atomic E-state index is 11.3. The van der Waals surface area contributed by atoms with Crippen molar-refractivity contribution >= 4 is 5.91 Å². The molecule has 1 amide bonds. The minimum absolute atomic E-state index is 0.00504. The number of nitrogens with zero attached hydrogens (tertiary/aromatic N) is 1. The summed E-state index contributed by atoms with van der Waals surface area (Å²) < 4.78 is 6.14. The fourth-order valence-electron chi connectivity index (χ4n) is 4.59. The predicted octanol–water partition coefficient (Wildman–Crippen LogP) is 4.93. The molecule has 0 radical (unpaired) electrons. The van der Waals surface area contributed by atoms with E-state index >= 15 is 0 Å². The van der Waals surface area contributed by atoms with Crippen LogP contribution in [0.25, 0.3) is 0 Å². The Balaban J connectivity index is 1.36. The molecule has 1 aliphatic heterocycles. The summed E-state index contributed by atoms with van der Waals surface area (Å²) in [5.74, 6) is 1.85. The van der Waals surface area contributed by atoms with Gasteiger partial charge in [0.2, 0.25) is 5.91 Å². The molecule has 2 aliphatic rings. The number of hydrogen-bond acceptors (Lipinski definition) is 3. The van der Waals surface area contributed by atoms with E-state index in [2.05, 4.69) is 53.5 Å². The zero-order chi connectivity index (χ0) is 21.1. The SMILES string of the molecule is CC(=O)NC(C)c1ccc(CN2CCc3c(ccc(OCC4CCC4)c3C)C2)cc1. The highest BCUT2D eigenvalue weighted by molar-refractivity contribution is 5.73. The summed E-state index contributed by atoms with van der Waals surface area (Å²) in [6, 6.07) is 13.1. The lowest BCUT2D eigenvalue weighted by Gasteiger charge is -2.31. The molecule has 1 aliphatic carbocycles. The van der Waals surface area contributed by atoms with Gasteiger partial charge in [0.25, 0.3) is 0 Å². The third kappa shape index (κ3) is 4.86.